The first-order chi connectivity index (χ1) is 12.3. The molecule has 1 aliphatic heterocycles. The van der Waals surface area contributed by atoms with E-state index in [2.05, 4.69) is 6.92 Å². The van der Waals surface area contributed by atoms with Crippen molar-refractivity contribution in [3.05, 3.63) is 23.7 Å². The van der Waals surface area contributed by atoms with Gasteiger partial charge in [-0.15, -0.1) is 0 Å². The Morgan fingerprint density at radius 3 is 2.42 bits per heavy atom. The van der Waals surface area contributed by atoms with Crippen LogP contribution in [0.4, 0.5) is 0 Å². The van der Waals surface area contributed by atoms with E-state index in [0.29, 0.717) is 48.2 Å². The Morgan fingerprint density at radius 1 is 1.00 bits per heavy atom. The number of fused-ring (bicyclic) bond motifs is 5. The molecule has 1 heterocycles. The van der Waals surface area contributed by atoms with Gasteiger partial charge in [0.1, 0.15) is 5.60 Å². The molecule has 4 aliphatic rings. The Bertz CT molecular complexity index is 707. The Balaban J connectivity index is 1.67. The van der Waals surface area contributed by atoms with Gasteiger partial charge in [0.2, 0.25) is 0 Å². The van der Waals surface area contributed by atoms with E-state index >= 15 is 0 Å². The smallest absolute Gasteiger partial charge is 0.337 e. The first-order valence-corrected chi connectivity index (χ1v) is 9.75. The molecule has 5 nitrogen and oxygen atoms in total. The second kappa shape index (κ2) is 5.86. The molecule has 6 atom stereocenters. The molecule has 4 rings (SSSR count). The van der Waals surface area contributed by atoms with Gasteiger partial charge >= 0.3 is 5.97 Å². The molecule has 0 radical (unpaired) electrons. The maximum Gasteiger partial charge on any atom is 0.337 e. The SMILES string of the molecule is C[C@]12C/C(=C/O)C(=O)C[C@@H]1CC[C@H]1[C@H]2CC[C@@]2(C)OC(=O)/C(=C/O)C[C@@H]12. The van der Waals surface area contributed by atoms with Gasteiger partial charge in [-0.3, -0.25) is 4.79 Å². The minimum Gasteiger partial charge on any atom is -0.515 e. The summed E-state index contributed by atoms with van der Waals surface area (Å²) in [5.41, 5.74) is 0.463. The van der Waals surface area contributed by atoms with E-state index in [-0.39, 0.29) is 17.1 Å². The zero-order valence-corrected chi connectivity index (χ0v) is 15.5. The topological polar surface area (TPSA) is 83.8 Å². The average molecular weight is 360 g/mol. The fourth-order valence-corrected chi connectivity index (χ4v) is 6.61. The van der Waals surface area contributed by atoms with Gasteiger partial charge in [-0.2, -0.15) is 0 Å². The van der Waals surface area contributed by atoms with E-state index in [1.54, 1.807) is 0 Å². The molecule has 26 heavy (non-hydrogen) atoms. The summed E-state index contributed by atoms with van der Waals surface area (Å²) in [6.07, 6.45) is 7.48. The van der Waals surface area contributed by atoms with Crippen LogP contribution in [0.3, 0.4) is 0 Å². The second-order valence-corrected chi connectivity index (χ2v) is 9.21. The molecule has 0 bridgehead atoms. The molecular formula is C21H28O5. The summed E-state index contributed by atoms with van der Waals surface area (Å²) in [6.45, 7) is 4.32. The highest BCUT2D eigenvalue weighted by Gasteiger charge is 2.60. The van der Waals surface area contributed by atoms with Crippen LogP contribution in [0.2, 0.25) is 0 Å². The molecule has 0 unspecified atom stereocenters. The molecule has 4 fully saturated rings. The molecule has 0 amide bonds. The minimum atomic E-state index is -0.464. The fraction of sp³-hybridized carbons (Fsp3) is 0.714. The molecular weight excluding hydrogens is 332 g/mol. The number of carbonyl (C=O) groups is 2. The van der Waals surface area contributed by atoms with Crippen molar-refractivity contribution in [2.75, 3.05) is 0 Å². The molecule has 1 saturated heterocycles. The van der Waals surface area contributed by atoms with Gasteiger partial charge in [0, 0.05) is 17.9 Å². The van der Waals surface area contributed by atoms with Crippen LogP contribution in [0, 0.1) is 29.1 Å². The van der Waals surface area contributed by atoms with Crippen molar-refractivity contribution in [1.82, 2.24) is 0 Å². The van der Waals surface area contributed by atoms with Crippen molar-refractivity contribution >= 4 is 11.8 Å². The standard InChI is InChI=1S/C21H28O5/c1-20-9-13(11-23)18(24)8-14(20)3-4-15-16(20)5-6-21(2)17(15)7-12(10-22)19(25)26-21/h10-11,14-17,22-23H,3-9H2,1-2H3/b12-10+,13-11-/t14-,15-,16+,17-,20-,21+/m0/s1. The lowest BCUT2D eigenvalue weighted by Crippen LogP contribution is -2.58. The van der Waals surface area contributed by atoms with Gasteiger partial charge in [0.25, 0.3) is 0 Å². The number of ketones is 1. The monoisotopic (exact) mass is 360 g/mol. The summed E-state index contributed by atoms with van der Waals surface area (Å²) < 4.78 is 5.79. The van der Waals surface area contributed by atoms with Gasteiger partial charge in [0.15, 0.2) is 5.78 Å². The third-order valence-electron chi connectivity index (χ3n) is 8.10. The number of esters is 1. The van der Waals surface area contributed by atoms with Crippen molar-refractivity contribution in [1.29, 1.82) is 0 Å². The Labute approximate surface area is 154 Å². The van der Waals surface area contributed by atoms with Gasteiger partial charge < -0.3 is 14.9 Å². The Hall–Kier alpha value is -1.78. The van der Waals surface area contributed by atoms with E-state index in [1.807, 2.05) is 6.92 Å². The first-order valence-electron chi connectivity index (χ1n) is 9.75. The largest absolute Gasteiger partial charge is 0.515 e. The third-order valence-corrected chi connectivity index (χ3v) is 8.10. The molecule has 0 aromatic carbocycles. The second-order valence-electron chi connectivity index (χ2n) is 9.21. The van der Waals surface area contributed by atoms with Crippen molar-refractivity contribution in [2.45, 2.75) is 64.4 Å². The quantitative estimate of drug-likeness (QED) is 0.387. The van der Waals surface area contributed by atoms with Crippen LogP contribution in [0.25, 0.3) is 0 Å². The van der Waals surface area contributed by atoms with Gasteiger partial charge in [0.05, 0.1) is 18.1 Å². The summed E-state index contributed by atoms with van der Waals surface area (Å²) >= 11 is 0. The molecule has 2 N–H and O–H groups in total. The van der Waals surface area contributed by atoms with Gasteiger partial charge in [-0.1, -0.05) is 6.92 Å². The normalized spacial score (nSPS) is 48.5. The Morgan fingerprint density at radius 2 is 1.73 bits per heavy atom. The number of aliphatic hydroxyl groups excluding tert-OH is 2. The van der Waals surface area contributed by atoms with E-state index in [4.69, 9.17) is 4.74 Å². The zero-order chi connectivity index (χ0) is 18.7. The highest BCUT2D eigenvalue weighted by molar-refractivity contribution is 5.96. The van der Waals surface area contributed by atoms with E-state index in [1.165, 1.54) is 0 Å². The number of allylic oxidation sites excluding steroid dienone is 1. The molecule has 3 saturated carbocycles. The summed E-state index contributed by atoms with van der Waals surface area (Å²) in [4.78, 5) is 24.4. The summed E-state index contributed by atoms with van der Waals surface area (Å²) in [5, 5.41) is 18.9. The average Bonchev–Trinajstić information content (AvgIpc) is 2.60. The maximum atomic E-state index is 12.3. The van der Waals surface area contributed by atoms with Gasteiger partial charge in [-0.05, 0) is 68.6 Å². The lowest BCUT2D eigenvalue weighted by Gasteiger charge is -2.61. The van der Waals surface area contributed by atoms with Crippen LogP contribution < -0.4 is 0 Å². The van der Waals surface area contributed by atoms with Crippen molar-refractivity contribution in [3.63, 3.8) is 0 Å². The van der Waals surface area contributed by atoms with Crippen LogP contribution in [0.15, 0.2) is 23.7 Å². The first kappa shape index (κ1) is 17.6. The van der Waals surface area contributed by atoms with E-state index < -0.39 is 11.6 Å². The van der Waals surface area contributed by atoms with E-state index in [9.17, 15) is 19.8 Å². The van der Waals surface area contributed by atoms with E-state index in [0.717, 1.165) is 38.2 Å². The van der Waals surface area contributed by atoms with Crippen LogP contribution in [0.1, 0.15) is 58.8 Å². The zero-order valence-electron chi connectivity index (χ0n) is 15.5. The molecule has 0 aromatic rings. The molecule has 5 heteroatoms. The summed E-state index contributed by atoms with van der Waals surface area (Å²) in [7, 11) is 0. The van der Waals surface area contributed by atoms with Gasteiger partial charge in [-0.25, -0.2) is 4.79 Å². The maximum absolute atomic E-state index is 12.3. The number of ether oxygens (including phenoxy) is 1. The summed E-state index contributed by atoms with van der Waals surface area (Å²) in [5.74, 6) is 1.12. The third kappa shape index (κ3) is 2.35. The van der Waals surface area contributed by atoms with Crippen molar-refractivity contribution < 1.29 is 24.5 Å². The van der Waals surface area contributed by atoms with Crippen LogP contribution >= 0.6 is 0 Å². The number of hydrogen-bond donors (Lipinski definition) is 2. The predicted molar refractivity (Wildman–Crippen MR) is 95.3 cm³/mol. The molecule has 0 aromatic heterocycles. The van der Waals surface area contributed by atoms with Crippen molar-refractivity contribution in [2.24, 2.45) is 29.1 Å². The Kier molecular flexibility index (Phi) is 3.97. The number of Topliss-reactive ketones (excluding diaryl/α,β-unsaturated/α-hetero) is 1. The number of hydrogen-bond acceptors (Lipinski definition) is 5. The lowest BCUT2D eigenvalue weighted by atomic mass is 9.45. The number of aliphatic hydroxyl groups is 2. The van der Waals surface area contributed by atoms with Crippen LogP contribution in [-0.2, 0) is 14.3 Å². The lowest BCUT2D eigenvalue weighted by molar-refractivity contribution is -0.193. The van der Waals surface area contributed by atoms with Crippen LogP contribution in [-0.4, -0.2) is 27.6 Å². The highest BCUT2D eigenvalue weighted by atomic mass is 16.6. The molecule has 3 aliphatic carbocycles. The molecule has 0 spiro atoms. The number of rotatable bonds is 0. The highest BCUT2D eigenvalue weighted by Crippen LogP contribution is 2.63. The number of carbonyl (C=O) groups excluding carboxylic acids is 2. The minimum absolute atomic E-state index is 0.00271. The van der Waals surface area contributed by atoms with Crippen LogP contribution in [0.5, 0.6) is 0 Å². The fourth-order valence-electron chi connectivity index (χ4n) is 6.61. The summed E-state index contributed by atoms with van der Waals surface area (Å²) in [6, 6.07) is 0. The van der Waals surface area contributed by atoms with Crippen molar-refractivity contribution in [3.8, 4) is 0 Å². The predicted octanol–water partition coefficient (Wildman–Crippen LogP) is 4.00. The molecule has 142 valence electrons.